The van der Waals surface area contributed by atoms with Crippen LogP contribution in [0.2, 0.25) is 0 Å². The van der Waals surface area contributed by atoms with Crippen molar-refractivity contribution in [3.05, 3.63) is 103 Å². The van der Waals surface area contributed by atoms with Crippen molar-refractivity contribution in [2.75, 3.05) is 12.4 Å². The normalized spacial score (nSPS) is 10.9. The van der Waals surface area contributed by atoms with Crippen LogP contribution in [-0.4, -0.2) is 21.6 Å². The van der Waals surface area contributed by atoms with Gasteiger partial charge in [0, 0.05) is 24.0 Å². The lowest BCUT2D eigenvalue weighted by atomic mass is 10.1. The lowest BCUT2D eigenvalue weighted by Gasteiger charge is -2.09. The maximum atomic E-state index is 13.3. The quantitative estimate of drug-likeness (QED) is 0.372. The molecule has 0 bridgehead atoms. The summed E-state index contributed by atoms with van der Waals surface area (Å²) in [6, 6.07) is 24.5. The summed E-state index contributed by atoms with van der Waals surface area (Å²) in [4.78, 5) is 9.13. The van der Waals surface area contributed by atoms with Gasteiger partial charge in [0.25, 0.3) is 0 Å². The number of rotatable bonds is 6. The van der Waals surface area contributed by atoms with Gasteiger partial charge in [0.2, 0.25) is 0 Å². The van der Waals surface area contributed by atoms with Crippen molar-refractivity contribution < 1.29 is 9.13 Å². The Bertz CT molecular complexity index is 1350. The van der Waals surface area contributed by atoms with Crippen LogP contribution in [0.25, 0.3) is 27.8 Å². The third-order valence-electron chi connectivity index (χ3n) is 5.39. The Morgan fingerprint density at radius 1 is 0.906 bits per heavy atom. The molecular formula is C26H21FN4O. The van der Waals surface area contributed by atoms with Crippen LogP contribution >= 0.6 is 0 Å². The molecule has 0 amide bonds. The van der Waals surface area contributed by atoms with Crippen LogP contribution in [0.1, 0.15) is 5.56 Å². The number of fused-ring (bicyclic) bond motifs is 1. The van der Waals surface area contributed by atoms with Crippen molar-refractivity contribution in [3.8, 4) is 22.6 Å². The molecule has 0 aliphatic heterocycles. The molecular weight excluding hydrogens is 403 g/mol. The molecule has 0 saturated heterocycles. The number of ether oxygens (including phenoxy) is 1. The van der Waals surface area contributed by atoms with E-state index in [0.717, 1.165) is 45.0 Å². The van der Waals surface area contributed by atoms with E-state index in [2.05, 4.69) is 38.2 Å². The lowest BCUT2D eigenvalue weighted by Crippen LogP contribution is -2.03. The molecule has 5 rings (SSSR count). The third-order valence-corrected chi connectivity index (χ3v) is 5.39. The first kappa shape index (κ1) is 19.8. The van der Waals surface area contributed by atoms with Gasteiger partial charge in [-0.25, -0.2) is 14.4 Å². The van der Waals surface area contributed by atoms with Crippen molar-refractivity contribution >= 4 is 16.9 Å². The molecule has 2 aromatic heterocycles. The summed E-state index contributed by atoms with van der Waals surface area (Å²) in [5.41, 5.74) is 4.84. The number of nitrogens with one attached hydrogen (secondary N) is 1. The van der Waals surface area contributed by atoms with Crippen LogP contribution in [0.3, 0.4) is 0 Å². The number of hydrogen-bond acceptors (Lipinski definition) is 4. The first-order chi connectivity index (χ1) is 15.7. The van der Waals surface area contributed by atoms with E-state index in [4.69, 9.17) is 4.74 Å². The molecule has 2 heterocycles. The molecule has 0 saturated carbocycles. The van der Waals surface area contributed by atoms with Crippen LogP contribution in [0.15, 0.2) is 91.4 Å². The van der Waals surface area contributed by atoms with Gasteiger partial charge in [0.15, 0.2) is 5.65 Å². The number of hydrogen-bond donors (Lipinski definition) is 1. The number of aromatic nitrogens is 3. The topological polar surface area (TPSA) is 52.0 Å². The molecule has 0 spiro atoms. The zero-order valence-corrected chi connectivity index (χ0v) is 17.5. The minimum atomic E-state index is -0.249. The highest BCUT2D eigenvalue weighted by atomic mass is 19.1. The molecule has 6 heteroatoms. The lowest BCUT2D eigenvalue weighted by molar-refractivity contribution is 0.415. The molecule has 0 atom stereocenters. The van der Waals surface area contributed by atoms with Crippen LogP contribution in [0, 0.1) is 5.82 Å². The molecule has 1 N–H and O–H groups in total. The van der Waals surface area contributed by atoms with E-state index in [-0.39, 0.29) is 5.82 Å². The Hall–Kier alpha value is -4.19. The largest absolute Gasteiger partial charge is 0.497 e. The van der Waals surface area contributed by atoms with Gasteiger partial charge in [-0.1, -0.05) is 42.5 Å². The Kier molecular flexibility index (Phi) is 5.25. The van der Waals surface area contributed by atoms with E-state index in [9.17, 15) is 4.39 Å². The number of anilines is 1. The molecule has 32 heavy (non-hydrogen) atoms. The van der Waals surface area contributed by atoms with Crippen LogP contribution in [0.4, 0.5) is 10.2 Å². The molecule has 0 radical (unpaired) electrons. The summed E-state index contributed by atoms with van der Waals surface area (Å²) >= 11 is 0. The molecule has 5 nitrogen and oxygen atoms in total. The predicted octanol–water partition coefficient (Wildman–Crippen LogP) is 5.85. The highest BCUT2D eigenvalue weighted by molar-refractivity contribution is 6.02. The molecule has 158 valence electrons. The van der Waals surface area contributed by atoms with Crippen molar-refractivity contribution in [1.82, 2.24) is 14.5 Å². The summed E-state index contributed by atoms with van der Waals surface area (Å²) in [6.07, 6.45) is 3.64. The standard InChI is InChI=1S/C26H21FN4O/c1-32-22-13-11-21(12-14-22)31-16-23(19-5-3-2-4-6-19)24-25(29-17-30-26(24)31)28-15-18-7-9-20(27)10-8-18/h2-14,16-17H,15H2,1H3,(H,28,29,30). The molecule has 3 aromatic carbocycles. The maximum Gasteiger partial charge on any atom is 0.150 e. The van der Waals surface area contributed by atoms with Crippen molar-refractivity contribution in [3.63, 3.8) is 0 Å². The zero-order valence-electron chi connectivity index (χ0n) is 17.5. The molecule has 0 fully saturated rings. The maximum absolute atomic E-state index is 13.3. The summed E-state index contributed by atoms with van der Waals surface area (Å²) in [6.45, 7) is 0.522. The third kappa shape index (κ3) is 3.78. The van der Waals surface area contributed by atoms with Gasteiger partial charge in [-0.3, -0.25) is 0 Å². The minimum absolute atomic E-state index is 0.249. The summed E-state index contributed by atoms with van der Waals surface area (Å²) < 4.78 is 20.6. The fourth-order valence-electron chi connectivity index (χ4n) is 3.76. The number of nitrogens with zero attached hydrogens (tertiary/aromatic N) is 3. The van der Waals surface area contributed by atoms with Crippen molar-refractivity contribution in [2.24, 2.45) is 0 Å². The fraction of sp³-hybridized carbons (Fsp3) is 0.0769. The van der Waals surface area contributed by atoms with E-state index in [0.29, 0.717) is 6.54 Å². The van der Waals surface area contributed by atoms with Gasteiger partial charge < -0.3 is 14.6 Å². The van der Waals surface area contributed by atoms with Crippen LogP contribution in [-0.2, 0) is 6.54 Å². The molecule has 5 aromatic rings. The van der Waals surface area contributed by atoms with E-state index < -0.39 is 0 Å². The van der Waals surface area contributed by atoms with E-state index >= 15 is 0 Å². The van der Waals surface area contributed by atoms with Crippen molar-refractivity contribution in [2.45, 2.75) is 6.54 Å². The number of halogens is 1. The van der Waals surface area contributed by atoms with E-state index in [1.807, 2.05) is 42.5 Å². The predicted molar refractivity (Wildman–Crippen MR) is 125 cm³/mol. The first-order valence-electron chi connectivity index (χ1n) is 10.3. The second-order valence-corrected chi connectivity index (χ2v) is 7.38. The summed E-state index contributed by atoms with van der Waals surface area (Å²) in [5, 5.41) is 4.34. The van der Waals surface area contributed by atoms with E-state index in [1.54, 1.807) is 25.6 Å². The average Bonchev–Trinajstić information content (AvgIpc) is 3.25. The monoisotopic (exact) mass is 424 g/mol. The first-order valence-corrected chi connectivity index (χ1v) is 10.3. The van der Waals surface area contributed by atoms with Gasteiger partial charge in [-0.05, 0) is 47.5 Å². The highest BCUT2D eigenvalue weighted by Crippen LogP contribution is 2.35. The van der Waals surface area contributed by atoms with Crippen LogP contribution in [0.5, 0.6) is 5.75 Å². The van der Waals surface area contributed by atoms with Gasteiger partial charge in [0.1, 0.15) is 23.7 Å². The molecule has 0 aliphatic rings. The van der Waals surface area contributed by atoms with Gasteiger partial charge >= 0.3 is 0 Å². The zero-order chi connectivity index (χ0) is 21.9. The summed E-state index contributed by atoms with van der Waals surface area (Å²) in [7, 11) is 1.65. The molecule has 0 unspecified atom stereocenters. The van der Waals surface area contributed by atoms with Gasteiger partial charge in [-0.2, -0.15) is 0 Å². The second-order valence-electron chi connectivity index (χ2n) is 7.38. The Morgan fingerprint density at radius 3 is 2.38 bits per heavy atom. The smallest absolute Gasteiger partial charge is 0.150 e. The fourth-order valence-corrected chi connectivity index (χ4v) is 3.76. The second kappa shape index (κ2) is 8.51. The average molecular weight is 424 g/mol. The molecule has 0 aliphatic carbocycles. The minimum Gasteiger partial charge on any atom is -0.497 e. The number of methoxy groups -OCH3 is 1. The Labute approximate surface area is 185 Å². The summed E-state index contributed by atoms with van der Waals surface area (Å²) in [5.74, 6) is 1.27. The van der Waals surface area contributed by atoms with Crippen molar-refractivity contribution in [1.29, 1.82) is 0 Å². The number of benzene rings is 3. The van der Waals surface area contributed by atoms with Gasteiger partial charge in [-0.15, -0.1) is 0 Å². The van der Waals surface area contributed by atoms with Crippen LogP contribution < -0.4 is 10.1 Å². The van der Waals surface area contributed by atoms with E-state index in [1.165, 1.54) is 12.1 Å². The Balaban J connectivity index is 1.62. The van der Waals surface area contributed by atoms with Gasteiger partial charge in [0.05, 0.1) is 12.5 Å². The highest BCUT2D eigenvalue weighted by Gasteiger charge is 2.17. The Morgan fingerprint density at radius 2 is 1.66 bits per heavy atom. The SMILES string of the molecule is COc1ccc(-n2cc(-c3ccccc3)c3c(NCc4ccc(F)cc4)ncnc32)cc1.